The van der Waals surface area contributed by atoms with Gasteiger partial charge in [-0.25, -0.2) is 4.68 Å². The molecule has 2 atom stereocenters. The fraction of sp³-hybridized carbons (Fsp3) is 0.500. The van der Waals surface area contributed by atoms with Crippen LogP contribution in [-0.2, 0) is 4.79 Å². The molecule has 4 rings (SSSR count). The zero-order chi connectivity index (χ0) is 17.4. The normalized spacial score (nSPS) is 23.0. The second-order valence-electron chi connectivity index (χ2n) is 6.81. The predicted molar refractivity (Wildman–Crippen MR) is 98.1 cm³/mol. The van der Waals surface area contributed by atoms with E-state index in [1.165, 1.54) is 23.7 Å². The molecular formula is C18H23N5OS. The summed E-state index contributed by atoms with van der Waals surface area (Å²) in [7, 11) is 0. The van der Waals surface area contributed by atoms with Crippen molar-refractivity contribution in [3.8, 4) is 0 Å². The van der Waals surface area contributed by atoms with Crippen LogP contribution >= 0.6 is 11.8 Å². The molecule has 0 radical (unpaired) electrons. The lowest BCUT2D eigenvalue weighted by Gasteiger charge is -2.37. The van der Waals surface area contributed by atoms with Gasteiger partial charge in [-0.3, -0.25) is 4.79 Å². The Kier molecular flexibility index (Phi) is 4.41. The molecule has 2 aromatic rings. The molecular weight excluding hydrogens is 334 g/mol. The molecule has 1 aromatic carbocycles. The maximum atomic E-state index is 13.2. The number of rotatable bonds is 2. The van der Waals surface area contributed by atoms with Gasteiger partial charge >= 0.3 is 0 Å². The number of amides is 1. The number of piperidine rings is 1. The molecule has 2 aliphatic heterocycles. The summed E-state index contributed by atoms with van der Waals surface area (Å²) >= 11 is 1.52. The van der Waals surface area contributed by atoms with Crippen LogP contribution in [-0.4, -0.2) is 44.0 Å². The van der Waals surface area contributed by atoms with Crippen LogP contribution in [0.15, 0.2) is 29.4 Å². The number of nitrogens with zero attached hydrogens (tertiary/aromatic N) is 4. The van der Waals surface area contributed by atoms with Gasteiger partial charge in [0.05, 0.1) is 6.04 Å². The Hall–Kier alpha value is -2.02. The third-order valence-corrected chi connectivity index (χ3v) is 6.15. The molecule has 1 saturated heterocycles. The van der Waals surface area contributed by atoms with E-state index in [9.17, 15) is 4.79 Å². The topological polar surface area (TPSA) is 63.1 Å². The van der Waals surface area contributed by atoms with E-state index in [-0.39, 0.29) is 17.2 Å². The molecule has 0 saturated carbocycles. The summed E-state index contributed by atoms with van der Waals surface area (Å²) in [5.74, 6) is 1.01. The highest BCUT2D eigenvalue weighted by Crippen LogP contribution is 2.38. The van der Waals surface area contributed by atoms with Crippen LogP contribution in [0.25, 0.3) is 0 Å². The van der Waals surface area contributed by atoms with Crippen molar-refractivity contribution in [2.75, 3.05) is 18.5 Å². The Morgan fingerprint density at radius 1 is 1.12 bits per heavy atom. The first kappa shape index (κ1) is 16.4. The number of aryl methyl sites for hydroxylation is 2. The number of thioether (sulfide) groups is 1. The standard InChI is InChI=1S/C18H23N5OS/c1-12-6-8-14(9-7-12)15-16(17(24)22-10-4-3-5-11-22)25-18-20-19-13(2)23(18)21-15/h6-9,15-16,21H,3-5,10-11H2,1-2H3. The molecule has 2 unspecified atom stereocenters. The van der Waals surface area contributed by atoms with E-state index in [1.54, 1.807) is 0 Å². The van der Waals surface area contributed by atoms with Crippen LogP contribution in [0, 0.1) is 13.8 Å². The SMILES string of the molecule is Cc1ccc(C2Nn3c(C)nnc3SC2C(=O)N2CCCCC2)cc1. The van der Waals surface area contributed by atoms with Crippen molar-refractivity contribution in [3.63, 3.8) is 0 Å². The van der Waals surface area contributed by atoms with Gasteiger partial charge in [0, 0.05) is 13.1 Å². The Labute approximate surface area is 152 Å². The molecule has 0 aliphatic carbocycles. The maximum Gasteiger partial charge on any atom is 0.238 e. The minimum Gasteiger partial charge on any atom is -0.342 e. The third kappa shape index (κ3) is 3.13. The van der Waals surface area contributed by atoms with Crippen molar-refractivity contribution in [1.29, 1.82) is 0 Å². The van der Waals surface area contributed by atoms with E-state index >= 15 is 0 Å². The fourth-order valence-corrected chi connectivity index (χ4v) is 4.68. The molecule has 1 aromatic heterocycles. The van der Waals surface area contributed by atoms with Gasteiger partial charge in [-0.05, 0) is 38.7 Å². The number of aromatic nitrogens is 3. The molecule has 6 nitrogen and oxygen atoms in total. The quantitative estimate of drug-likeness (QED) is 0.895. The first-order valence-corrected chi connectivity index (χ1v) is 9.72. The molecule has 3 heterocycles. The second kappa shape index (κ2) is 6.71. The van der Waals surface area contributed by atoms with Crippen LogP contribution in [0.4, 0.5) is 0 Å². The first-order chi connectivity index (χ1) is 12.1. The summed E-state index contributed by atoms with van der Waals surface area (Å²) < 4.78 is 1.90. The van der Waals surface area contributed by atoms with Gasteiger partial charge in [-0.15, -0.1) is 10.2 Å². The van der Waals surface area contributed by atoms with Crippen LogP contribution < -0.4 is 5.43 Å². The number of hydrogen-bond acceptors (Lipinski definition) is 5. The zero-order valence-electron chi connectivity index (χ0n) is 14.6. The molecule has 7 heteroatoms. The van der Waals surface area contributed by atoms with Crippen LogP contribution in [0.2, 0.25) is 0 Å². The lowest BCUT2D eigenvalue weighted by atomic mass is 10.0. The first-order valence-electron chi connectivity index (χ1n) is 8.84. The highest BCUT2D eigenvalue weighted by molar-refractivity contribution is 8.00. The summed E-state index contributed by atoms with van der Waals surface area (Å²) in [5.41, 5.74) is 5.81. The van der Waals surface area contributed by atoms with E-state index in [1.807, 2.05) is 16.5 Å². The Balaban J connectivity index is 1.68. The number of benzene rings is 1. The number of fused-ring (bicyclic) bond motifs is 1. The molecule has 1 fully saturated rings. The molecule has 2 aliphatic rings. The van der Waals surface area contributed by atoms with E-state index in [0.717, 1.165) is 42.5 Å². The number of hydrogen-bond donors (Lipinski definition) is 1. The Morgan fingerprint density at radius 2 is 1.84 bits per heavy atom. The Bertz CT molecular complexity index is 766. The maximum absolute atomic E-state index is 13.2. The van der Waals surface area contributed by atoms with Crippen molar-refractivity contribution in [3.05, 3.63) is 41.2 Å². The van der Waals surface area contributed by atoms with Crippen LogP contribution in [0.5, 0.6) is 0 Å². The predicted octanol–water partition coefficient (Wildman–Crippen LogP) is 2.67. The van der Waals surface area contributed by atoms with Crippen molar-refractivity contribution >= 4 is 17.7 Å². The van der Waals surface area contributed by atoms with Gasteiger partial charge in [0.25, 0.3) is 0 Å². The second-order valence-corrected chi connectivity index (χ2v) is 7.92. The summed E-state index contributed by atoms with van der Waals surface area (Å²) in [4.78, 5) is 15.2. The average molecular weight is 357 g/mol. The smallest absolute Gasteiger partial charge is 0.238 e. The van der Waals surface area contributed by atoms with E-state index in [2.05, 4.69) is 46.8 Å². The lowest BCUT2D eigenvalue weighted by molar-refractivity contribution is -0.131. The minimum atomic E-state index is -0.225. The highest BCUT2D eigenvalue weighted by Gasteiger charge is 2.39. The minimum absolute atomic E-state index is 0.0952. The van der Waals surface area contributed by atoms with E-state index in [0.29, 0.717) is 0 Å². The number of nitrogens with one attached hydrogen (secondary N) is 1. The van der Waals surface area contributed by atoms with Gasteiger partial charge in [0.2, 0.25) is 11.1 Å². The summed E-state index contributed by atoms with van der Waals surface area (Å²) in [6.07, 6.45) is 3.41. The summed E-state index contributed by atoms with van der Waals surface area (Å²) in [5, 5.41) is 8.91. The van der Waals surface area contributed by atoms with Crippen molar-refractivity contribution in [1.82, 2.24) is 19.8 Å². The van der Waals surface area contributed by atoms with Gasteiger partial charge in [0.15, 0.2) is 0 Å². The van der Waals surface area contributed by atoms with Gasteiger partial charge in [-0.1, -0.05) is 41.6 Å². The molecule has 0 bridgehead atoms. The number of carbonyl (C=O) groups is 1. The number of carbonyl (C=O) groups excluding carboxylic acids is 1. The van der Waals surface area contributed by atoms with Crippen LogP contribution in [0.3, 0.4) is 0 Å². The van der Waals surface area contributed by atoms with Crippen molar-refractivity contribution in [2.45, 2.75) is 49.6 Å². The van der Waals surface area contributed by atoms with E-state index in [4.69, 9.17) is 0 Å². The van der Waals surface area contributed by atoms with E-state index < -0.39 is 0 Å². The lowest BCUT2D eigenvalue weighted by Crippen LogP contribution is -2.47. The highest BCUT2D eigenvalue weighted by atomic mass is 32.2. The molecule has 132 valence electrons. The summed E-state index contributed by atoms with van der Waals surface area (Å²) in [6, 6.07) is 8.31. The molecule has 1 N–H and O–H groups in total. The molecule has 0 spiro atoms. The monoisotopic (exact) mass is 357 g/mol. The van der Waals surface area contributed by atoms with Crippen molar-refractivity contribution < 1.29 is 4.79 Å². The summed E-state index contributed by atoms with van der Waals surface area (Å²) in [6.45, 7) is 5.72. The fourth-order valence-electron chi connectivity index (χ4n) is 3.47. The third-order valence-electron chi connectivity index (χ3n) is 4.95. The zero-order valence-corrected chi connectivity index (χ0v) is 15.4. The molecule has 1 amide bonds. The van der Waals surface area contributed by atoms with Crippen LogP contribution in [0.1, 0.15) is 42.3 Å². The van der Waals surface area contributed by atoms with Gasteiger partial charge in [-0.2, -0.15) is 0 Å². The largest absolute Gasteiger partial charge is 0.342 e. The Morgan fingerprint density at radius 3 is 2.56 bits per heavy atom. The number of likely N-dealkylation sites (tertiary alicyclic amines) is 1. The molecule has 25 heavy (non-hydrogen) atoms. The average Bonchev–Trinajstić information content (AvgIpc) is 3.02. The van der Waals surface area contributed by atoms with Gasteiger partial charge < -0.3 is 10.3 Å². The van der Waals surface area contributed by atoms with Gasteiger partial charge in [0.1, 0.15) is 11.1 Å². The van der Waals surface area contributed by atoms with Crippen molar-refractivity contribution in [2.24, 2.45) is 0 Å².